The van der Waals surface area contributed by atoms with E-state index >= 15 is 0 Å². The average Bonchev–Trinajstić information content (AvgIpc) is 2.57. The summed E-state index contributed by atoms with van der Waals surface area (Å²) < 4.78 is 19.4. The number of halogens is 2. The SMILES string of the molecule is Cc1cc(CO[C@H]2CCCN(c3ccc(Cl)cc3)C2)ccc1F. The van der Waals surface area contributed by atoms with Gasteiger partial charge in [0.15, 0.2) is 0 Å². The molecule has 2 aromatic rings. The van der Waals surface area contributed by atoms with E-state index in [1.807, 2.05) is 30.3 Å². The van der Waals surface area contributed by atoms with E-state index in [4.69, 9.17) is 16.3 Å². The van der Waals surface area contributed by atoms with Gasteiger partial charge in [-0.2, -0.15) is 0 Å². The number of piperidine rings is 1. The molecule has 2 nitrogen and oxygen atoms in total. The fourth-order valence-corrected chi connectivity index (χ4v) is 3.10. The van der Waals surface area contributed by atoms with Crippen molar-refractivity contribution in [1.29, 1.82) is 0 Å². The maximum absolute atomic E-state index is 13.3. The average molecular weight is 334 g/mol. The molecular formula is C19H21ClFNO. The Bertz CT molecular complexity index is 659. The molecule has 1 fully saturated rings. The highest BCUT2D eigenvalue weighted by Crippen LogP contribution is 2.23. The Hall–Kier alpha value is -1.58. The van der Waals surface area contributed by atoms with E-state index < -0.39 is 0 Å². The Morgan fingerprint density at radius 1 is 1.22 bits per heavy atom. The van der Waals surface area contributed by atoms with Gasteiger partial charge in [0.2, 0.25) is 0 Å². The molecule has 0 aliphatic carbocycles. The molecule has 0 bridgehead atoms. The van der Waals surface area contributed by atoms with Crippen LogP contribution in [0.3, 0.4) is 0 Å². The highest BCUT2D eigenvalue weighted by atomic mass is 35.5. The third kappa shape index (κ3) is 4.24. The Morgan fingerprint density at radius 3 is 2.74 bits per heavy atom. The normalized spacial score (nSPS) is 18.2. The van der Waals surface area contributed by atoms with E-state index in [1.165, 1.54) is 11.8 Å². The molecule has 1 atom stereocenters. The predicted molar refractivity (Wildman–Crippen MR) is 92.6 cm³/mol. The molecule has 122 valence electrons. The van der Waals surface area contributed by atoms with Crippen molar-refractivity contribution in [2.24, 2.45) is 0 Å². The van der Waals surface area contributed by atoms with Crippen LogP contribution in [0, 0.1) is 12.7 Å². The van der Waals surface area contributed by atoms with Crippen molar-refractivity contribution in [3.8, 4) is 0 Å². The number of nitrogens with zero attached hydrogens (tertiary/aromatic N) is 1. The Balaban J connectivity index is 1.58. The molecule has 0 aromatic heterocycles. The smallest absolute Gasteiger partial charge is 0.126 e. The number of hydrogen-bond acceptors (Lipinski definition) is 2. The van der Waals surface area contributed by atoms with E-state index in [0.717, 1.165) is 36.5 Å². The second-order valence-electron chi connectivity index (χ2n) is 6.08. The van der Waals surface area contributed by atoms with Gasteiger partial charge in [0, 0.05) is 23.8 Å². The molecule has 1 aliphatic heterocycles. The summed E-state index contributed by atoms with van der Waals surface area (Å²) in [6.07, 6.45) is 2.37. The lowest BCUT2D eigenvalue weighted by molar-refractivity contribution is 0.0315. The Labute approximate surface area is 141 Å². The first kappa shape index (κ1) is 16.3. The molecule has 0 unspecified atom stereocenters. The van der Waals surface area contributed by atoms with Crippen LogP contribution in [0.5, 0.6) is 0 Å². The lowest BCUT2D eigenvalue weighted by atomic mass is 10.1. The molecule has 1 saturated heterocycles. The first-order valence-electron chi connectivity index (χ1n) is 7.99. The van der Waals surface area contributed by atoms with E-state index in [1.54, 1.807) is 13.0 Å². The van der Waals surface area contributed by atoms with Crippen molar-refractivity contribution in [2.75, 3.05) is 18.0 Å². The monoisotopic (exact) mass is 333 g/mol. The number of anilines is 1. The largest absolute Gasteiger partial charge is 0.372 e. The number of rotatable bonds is 4. The topological polar surface area (TPSA) is 12.5 Å². The second kappa shape index (κ2) is 7.33. The Morgan fingerprint density at radius 2 is 2.00 bits per heavy atom. The Kier molecular flexibility index (Phi) is 5.19. The summed E-state index contributed by atoms with van der Waals surface area (Å²) in [6, 6.07) is 13.1. The van der Waals surface area contributed by atoms with Crippen LogP contribution in [0.15, 0.2) is 42.5 Å². The molecule has 0 spiro atoms. The zero-order chi connectivity index (χ0) is 16.2. The fourth-order valence-electron chi connectivity index (χ4n) is 2.97. The quantitative estimate of drug-likeness (QED) is 0.783. The maximum Gasteiger partial charge on any atom is 0.126 e. The van der Waals surface area contributed by atoms with Gasteiger partial charge in [-0.25, -0.2) is 4.39 Å². The van der Waals surface area contributed by atoms with Crippen LogP contribution < -0.4 is 4.90 Å². The summed E-state index contributed by atoms with van der Waals surface area (Å²) in [5.74, 6) is -0.166. The highest BCUT2D eigenvalue weighted by molar-refractivity contribution is 6.30. The first-order chi connectivity index (χ1) is 11.1. The number of benzene rings is 2. The van der Waals surface area contributed by atoms with Gasteiger partial charge in [0.1, 0.15) is 5.82 Å². The molecule has 1 heterocycles. The summed E-state index contributed by atoms with van der Waals surface area (Å²) in [5.41, 5.74) is 2.87. The molecule has 0 amide bonds. The minimum Gasteiger partial charge on any atom is -0.372 e. The van der Waals surface area contributed by atoms with Gasteiger partial charge in [-0.1, -0.05) is 23.7 Å². The van der Waals surface area contributed by atoms with Crippen LogP contribution in [-0.2, 0) is 11.3 Å². The van der Waals surface area contributed by atoms with Crippen LogP contribution in [0.2, 0.25) is 5.02 Å². The standard InChI is InChI=1S/C19H21ClFNO/c1-14-11-15(4-9-19(14)21)13-23-18-3-2-10-22(12-18)17-7-5-16(20)6-8-17/h4-9,11,18H,2-3,10,12-13H2,1H3/t18-/m0/s1. The van der Waals surface area contributed by atoms with Crippen molar-refractivity contribution in [1.82, 2.24) is 0 Å². The van der Waals surface area contributed by atoms with Crippen molar-refractivity contribution in [3.63, 3.8) is 0 Å². The van der Waals surface area contributed by atoms with Gasteiger partial charge >= 0.3 is 0 Å². The minimum absolute atomic E-state index is 0.166. The highest BCUT2D eigenvalue weighted by Gasteiger charge is 2.20. The summed E-state index contributed by atoms with van der Waals surface area (Å²) in [7, 11) is 0. The number of ether oxygens (including phenoxy) is 1. The van der Waals surface area contributed by atoms with Crippen molar-refractivity contribution in [3.05, 3.63) is 64.4 Å². The summed E-state index contributed by atoms with van der Waals surface area (Å²) >= 11 is 5.95. The van der Waals surface area contributed by atoms with Crippen LogP contribution >= 0.6 is 11.6 Å². The van der Waals surface area contributed by atoms with E-state index in [2.05, 4.69) is 4.90 Å². The van der Waals surface area contributed by atoms with Crippen LogP contribution in [-0.4, -0.2) is 19.2 Å². The van der Waals surface area contributed by atoms with Crippen molar-refractivity contribution < 1.29 is 9.13 Å². The molecule has 0 radical (unpaired) electrons. The minimum atomic E-state index is -0.166. The molecule has 23 heavy (non-hydrogen) atoms. The molecule has 2 aromatic carbocycles. The lowest BCUT2D eigenvalue weighted by Gasteiger charge is -2.34. The fraction of sp³-hybridized carbons (Fsp3) is 0.368. The van der Waals surface area contributed by atoms with Crippen LogP contribution in [0.25, 0.3) is 0 Å². The van der Waals surface area contributed by atoms with E-state index in [9.17, 15) is 4.39 Å². The second-order valence-corrected chi connectivity index (χ2v) is 6.52. The number of hydrogen-bond donors (Lipinski definition) is 0. The van der Waals surface area contributed by atoms with Crippen molar-refractivity contribution in [2.45, 2.75) is 32.5 Å². The van der Waals surface area contributed by atoms with E-state index in [-0.39, 0.29) is 11.9 Å². The molecular weight excluding hydrogens is 313 g/mol. The molecule has 3 rings (SSSR count). The predicted octanol–water partition coefficient (Wildman–Crippen LogP) is 4.97. The van der Waals surface area contributed by atoms with Gasteiger partial charge in [0.05, 0.1) is 12.7 Å². The van der Waals surface area contributed by atoms with Gasteiger partial charge in [0.25, 0.3) is 0 Å². The van der Waals surface area contributed by atoms with Gasteiger partial charge in [-0.05, 0) is 61.2 Å². The number of aryl methyl sites for hydroxylation is 1. The first-order valence-corrected chi connectivity index (χ1v) is 8.37. The van der Waals surface area contributed by atoms with E-state index in [0.29, 0.717) is 12.2 Å². The third-order valence-corrected chi connectivity index (χ3v) is 4.53. The summed E-state index contributed by atoms with van der Waals surface area (Å²) in [4.78, 5) is 2.33. The van der Waals surface area contributed by atoms with Gasteiger partial charge in [-0.15, -0.1) is 0 Å². The van der Waals surface area contributed by atoms with Crippen LogP contribution in [0.1, 0.15) is 24.0 Å². The molecule has 0 saturated carbocycles. The summed E-state index contributed by atoms with van der Waals surface area (Å²) in [6.45, 7) is 4.22. The molecule has 1 aliphatic rings. The summed E-state index contributed by atoms with van der Waals surface area (Å²) in [5, 5.41) is 0.755. The zero-order valence-electron chi connectivity index (χ0n) is 13.3. The van der Waals surface area contributed by atoms with Crippen molar-refractivity contribution >= 4 is 17.3 Å². The molecule has 0 N–H and O–H groups in total. The zero-order valence-corrected chi connectivity index (χ0v) is 14.0. The van der Waals surface area contributed by atoms with Crippen LogP contribution in [0.4, 0.5) is 10.1 Å². The third-order valence-electron chi connectivity index (χ3n) is 4.28. The lowest BCUT2D eigenvalue weighted by Crippen LogP contribution is -2.39. The van der Waals surface area contributed by atoms with Gasteiger partial charge in [-0.3, -0.25) is 0 Å². The molecule has 4 heteroatoms. The maximum atomic E-state index is 13.3. The van der Waals surface area contributed by atoms with Gasteiger partial charge < -0.3 is 9.64 Å².